The smallest absolute Gasteiger partial charge is 0.260 e. The third-order valence-corrected chi connectivity index (χ3v) is 5.47. The molecule has 2 aromatic carbocycles. The summed E-state index contributed by atoms with van der Waals surface area (Å²) < 4.78 is 37.5. The van der Waals surface area contributed by atoms with E-state index in [0.29, 0.717) is 5.02 Å². The Hall–Kier alpha value is -1.32. The van der Waals surface area contributed by atoms with Crippen molar-refractivity contribution in [2.75, 3.05) is 5.75 Å². The van der Waals surface area contributed by atoms with E-state index in [2.05, 4.69) is 0 Å². The molecule has 10 heteroatoms. The molecule has 0 aliphatic carbocycles. The van der Waals surface area contributed by atoms with E-state index in [0.717, 1.165) is 17.0 Å². The van der Waals surface area contributed by atoms with Crippen molar-refractivity contribution in [3.8, 4) is 0 Å². The third-order valence-electron chi connectivity index (χ3n) is 2.69. The van der Waals surface area contributed by atoms with Crippen LogP contribution in [0.5, 0.6) is 0 Å². The minimum Gasteiger partial charge on any atom is -0.277 e. The average molecular weight is 409 g/mol. The zero-order valence-corrected chi connectivity index (χ0v) is 15.1. The largest absolute Gasteiger partial charge is 0.277 e. The number of nitrogens with one attached hydrogen (secondary N) is 2. The fourth-order valence-electron chi connectivity index (χ4n) is 1.59. The normalized spacial score (nSPS) is 11.3. The van der Waals surface area contributed by atoms with E-state index in [4.69, 9.17) is 23.2 Å². The first-order chi connectivity index (χ1) is 11.3. The van der Waals surface area contributed by atoms with Crippen molar-refractivity contribution in [3.63, 3.8) is 0 Å². The van der Waals surface area contributed by atoms with Crippen LogP contribution >= 0.6 is 35.0 Å². The quantitative estimate of drug-likeness (QED) is 0.568. The lowest BCUT2D eigenvalue weighted by atomic mass is 10.3. The van der Waals surface area contributed by atoms with E-state index in [1.54, 1.807) is 24.3 Å². The van der Waals surface area contributed by atoms with Crippen molar-refractivity contribution in [3.05, 3.63) is 58.3 Å². The van der Waals surface area contributed by atoms with Crippen molar-refractivity contribution in [1.29, 1.82) is 0 Å². The van der Waals surface area contributed by atoms with Gasteiger partial charge in [-0.2, -0.15) is 0 Å². The fourth-order valence-corrected chi connectivity index (χ4v) is 3.49. The average Bonchev–Trinajstić information content (AvgIpc) is 2.52. The maximum Gasteiger partial charge on any atom is 0.260 e. The SMILES string of the molecule is O=C(CSc1ccc(Cl)cc1)NNS(=O)(=O)c1ccc(Cl)cc1F. The topological polar surface area (TPSA) is 75.3 Å². The molecular weight excluding hydrogens is 398 g/mol. The van der Waals surface area contributed by atoms with Gasteiger partial charge in [-0.1, -0.05) is 23.2 Å². The van der Waals surface area contributed by atoms with Crippen LogP contribution in [-0.4, -0.2) is 20.1 Å². The Labute approximate surface area is 152 Å². The van der Waals surface area contributed by atoms with Gasteiger partial charge in [0.1, 0.15) is 10.7 Å². The van der Waals surface area contributed by atoms with E-state index < -0.39 is 26.6 Å². The van der Waals surface area contributed by atoms with E-state index >= 15 is 0 Å². The second-order valence-electron chi connectivity index (χ2n) is 4.47. The molecule has 0 saturated carbocycles. The number of carbonyl (C=O) groups excluding carboxylic acids is 1. The molecule has 2 N–H and O–H groups in total. The number of hydrazine groups is 1. The number of hydrogen-bond acceptors (Lipinski definition) is 4. The zero-order valence-electron chi connectivity index (χ0n) is 11.9. The van der Waals surface area contributed by atoms with Crippen LogP contribution in [0.25, 0.3) is 0 Å². The molecule has 0 unspecified atom stereocenters. The molecule has 1 amide bonds. The highest BCUT2D eigenvalue weighted by Gasteiger charge is 2.20. The van der Waals surface area contributed by atoms with Crippen molar-refractivity contribution >= 4 is 50.9 Å². The Morgan fingerprint density at radius 2 is 1.71 bits per heavy atom. The molecule has 0 spiro atoms. The predicted molar refractivity (Wildman–Crippen MR) is 92.1 cm³/mol. The van der Waals surface area contributed by atoms with E-state index in [1.807, 2.05) is 10.3 Å². The first kappa shape index (κ1) is 19.0. The van der Waals surface area contributed by atoms with Gasteiger partial charge in [0.25, 0.3) is 10.0 Å². The van der Waals surface area contributed by atoms with Crippen LogP contribution in [0.4, 0.5) is 4.39 Å². The minimum atomic E-state index is -4.23. The Kier molecular flexibility index (Phi) is 6.47. The summed E-state index contributed by atoms with van der Waals surface area (Å²) in [6.07, 6.45) is 0. The molecule has 24 heavy (non-hydrogen) atoms. The molecule has 128 valence electrons. The van der Waals surface area contributed by atoms with Crippen LogP contribution in [0.15, 0.2) is 52.3 Å². The molecule has 0 radical (unpaired) electrons. The Bertz CT molecular complexity index is 846. The fraction of sp³-hybridized carbons (Fsp3) is 0.0714. The molecule has 0 aliphatic rings. The van der Waals surface area contributed by atoms with Crippen LogP contribution in [-0.2, 0) is 14.8 Å². The van der Waals surface area contributed by atoms with Crippen LogP contribution in [0.2, 0.25) is 10.0 Å². The highest BCUT2D eigenvalue weighted by Crippen LogP contribution is 2.20. The van der Waals surface area contributed by atoms with Crippen LogP contribution < -0.4 is 10.3 Å². The number of hydrogen-bond donors (Lipinski definition) is 2. The van der Waals surface area contributed by atoms with E-state index in [9.17, 15) is 17.6 Å². The van der Waals surface area contributed by atoms with E-state index in [-0.39, 0.29) is 10.8 Å². The maximum absolute atomic E-state index is 13.6. The van der Waals surface area contributed by atoms with Crippen molar-refractivity contribution in [2.24, 2.45) is 0 Å². The minimum absolute atomic E-state index is 0.0345. The number of benzene rings is 2. The molecule has 0 heterocycles. The van der Waals surface area contributed by atoms with Crippen molar-refractivity contribution in [1.82, 2.24) is 10.3 Å². The van der Waals surface area contributed by atoms with Crippen molar-refractivity contribution < 1.29 is 17.6 Å². The molecule has 2 rings (SSSR count). The summed E-state index contributed by atoms with van der Waals surface area (Å²) in [7, 11) is -4.23. The van der Waals surface area contributed by atoms with Crippen LogP contribution in [0.3, 0.4) is 0 Å². The summed E-state index contributed by atoms with van der Waals surface area (Å²) in [6.45, 7) is 0. The second-order valence-corrected chi connectivity index (χ2v) is 8.04. The van der Waals surface area contributed by atoms with Gasteiger partial charge in [-0.05, 0) is 42.5 Å². The number of amides is 1. The van der Waals surface area contributed by atoms with Gasteiger partial charge in [0.15, 0.2) is 0 Å². The number of sulfonamides is 1. The lowest BCUT2D eigenvalue weighted by Gasteiger charge is -2.09. The number of thioether (sulfide) groups is 1. The lowest BCUT2D eigenvalue weighted by Crippen LogP contribution is -2.42. The van der Waals surface area contributed by atoms with Gasteiger partial charge in [-0.15, -0.1) is 16.6 Å². The lowest BCUT2D eigenvalue weighted by molar-refractivity contribution is -0.119. The van der Waals surface area contributed by atoms with Gasteiger partial charge in [-0.3, -0.25) is 10.2 Å². The second kappa shape index (κ2) is 8.17. The maximum atomic E-state index is 13.6. The number of halogens is 3. The standard InChI is InChI=1S/C14H11Cl2FN2O3S2/c15-9-1-4-11(5-2-9)23-8-14(20)18-19-24(21,22)13-6-3-10(16)7-12(13)17/h1-7,19H,8H2,(H,18,20). The van der Waals surface area contributed by atoms with Gasteiger partial charge in [0, 0.05) is 14.9 Å². The van der Waals surface area contributed by atoms with Gasteiger partial charge in [0.05, 0.1) is 5.75 Å². The van der Waals surface area contributed by atoms with E-state index in [1.165, 1.54) is 17.8 Å². The van der Waals surface area contributed by atoms with Gasteiger partial charge in [0.2, 0.25) is 5.91 Å². The van der Waals surface area contributed by atoms with Crippen LogP contribution in [0.1, 0.15) is 0 Å². The first-order valence-corrected chi connectivity index (χ1v) is 9.64. The third kappa shape index (κ3) is 5.35. The zero-order chi connectivity index (χ0) is 17.7. The molecule has 0 atom stereocenters. The van der Waals surface area contributed by atoms with Crippen molar-refractivity contribution in [2.45, 2.75) is 9.79 Å². The number of rotatable bonds is 6. The molecule has 2 aromatic rings. The molecule has 0 fully saturated rings. The highest BCUT2D eigenvalue weighted by atomic mass is 35.5. The Morgan fingerprint density at radius 1 is 1.08 bits per heavy atom. The summed E-state index contributed by atoms with van der Waals surface area (Å²) in [5.41, 5.74) is 2.02. The monoisotopic (exact) mass is 408 g/mol. The van der Waals surface area contributed by atoms with Gasteiger partial charge in [-0.25, -0.2) is 12.8 Å². The summed E-state index contributed by atoms with van der Waals surface area (Å²) in [6, 6.07) is 9.92. The van der Waals surface area contributed by atoms with Gasteiger partial charge >= 0.3 is 0 Å². The first-order valence-electron chi connectivity index (χ1n) is 6.42. The molecular formula is C14H11Cl2FN2O3S2. The molecule has 5 nitrogen and oxygen atoms in total. The molecule has 0 saturated heterocycles. The molecule has 0 bridgehead atoms. The summed E-state index contributed by atoms with van der Waals surface area (Å²) in [4.78, 5) is 13.7. The molecule has 0 aromatic heterocycles. The summed E-state index contributed by atoms with van der Waals surface area (Å²) >= 11 is 12.5. The Balaban J connectivity index is 1.91. The Morgan fingerprint density at radius 3 is 2.33 bits per heavy atom. The van der Waals surface area contributed by atoms with Gasteiger partial charge < -0.3 is 0 Å². The highest BCUT2D eigenvalue weighted by molar-refractivity contribution is 8.00. The molecule has 0 aliphatic heterocycles. The van der Waals surface area contributed by atoms with Crippen LogP contribution in [0, 0.1) is 5.82 Å². The predicted octanol–water partition coefficient (Wildman–Crippen LogP) is 3.23. The summed E-state index contributed by atoms with van der Waals surface area (Å²) in [5, 5.41) is 0.636. The number of carbonyl (C=O) groups is 1. The summed E-state index contributed by atoms with van der Waals surface area (Å²) in [5.74, 6) is -1.64.